The monoisotopic (exact) mass is 572 g/mol. The summed E-state index contributed by atoms with van der Waals surface area (Å²) in [5.74, 6) is 0.640. The molecule has 2 aliphatic rings. The minimum absolute atomic E-state index is 0.0225. The van der Waals surface area contributed by atoms with Crippen molar-refractivity contribution in [3.05, 3.63) is 53.0 Å². The van der Waals surface area contributed by atoms with Crippen LogP contribution >= 0.6 is 0 Å². The van der Waals surface area contributed by atoms with Gasteiger partial charge < -0.3 is 15.1 Å². The molecule has 3 heterocycles. The first kappa shape index (κ1) is 32.0. The van der Waals surface area contributed by atoms with Gasteiger partial charge >= 0.3 is 0 Å². The Hall–Kier alpha value is -2.56. The molecule has 0 spiro atoms. The second kappa shape index (κ2) is 13.9. The second-order valence-corrected chi connectivity index (χ2v) is 13.5. The number of aromatic nitrogens is 2. The largest absolute Gasteiger partial charge is 0.366 e. The van der Waals surface area contributed by atoms with Crippen LogP contribution in [0.25, 0.3) is 0 Å². The number of anilines is 1. The van der Waals surface area contributed by atoms with Crippen LogP contribution in [0.5, 0.6) is 0 Å². The third-order valence-electron chi connectivity index (χ3n) is 7.74. The fourth-order valence-electron chi connectivity index (χ4n) is 5.42. The van der Waals surface area contributed by atoms with Gasteiger partial charge in [0.25, 0.3) is 5.91 Å². The van der Waals surface area contributed by atoms with E-state index in [9.17, 15) is 13.2 Å². The number of hydrogen-bond acceptors (Lipinski definition) is 7. The molecular formula is C30H48N6O3S. The maximum Gasteiger partial charge on any atom is 0.272 e. The fourth-order valence-corrected chi connectivity index (χ4v) is 6.26. The number of nitrogens with zero attached hydrogens (tertiary/aromatic N) is 4. The number of amides is 1. The SMILES string of the molecule is CC.Cc1c(NCc2ccc(C(C)(C)C)cc2)ncnc1C(=O)N1CCC(N2CCC(NS(C)(=O)=O)CC2)CC1. The van der Waals surface area contributed by atoms with Crippen molar-refractivity contribution >= 4 is 21.7 Å². The summed E-state index contributed by atoms with van der Waals surface area (Å²) >= 11 is 0. The molecule has 0 aliphatic carbocycles. The molecule has 0 atom stereocenters. The van der Waals surface area contributed by atoms with E-state index in [2.05, 4.69) is 69.9 Å². The van der Waals surface area contributed by atoms with Gasteiger partial charge in [0.2, 0.25) is 10.0 Å². The molecule has 0 unspecified atom stereocenters. The Morgan fingerprint density at radius 3 is 2.12 bits per heavy atom. The van der Waals surface area contributed by atoms with Crippen molar-refractivity contribution in [1.82, 2.24) is 24.5 Å². The highest BCUT2D eigenvalue weighted by Gasteiger charge is 2.31. The number of likely N-dealkylation sites (tertiary alicyclic amines) is 2. The minimum atomic E-state index is -3.17. The Labute approximate surface area is 241 Å². The smallest absolute Gasteiger partial charge is 0.272 e. The minimum Gasteiger partial charge on any atom is -0.366 e. The van der Waals surface area contributed by atoms with Crippen molar-refractivity contribution in [3.63, 3.8) is 0 Å². The van der Waals surface area contributed by atoms with E-state index in [1.807, 2.05) is 25.7 Å². The predicted molar refractivity (Wildman–Crippen MR) is 162 cm³/mol. The summed E-state index contributed by atoms with van der Waals surface area (Å²) in [5, 5.41) is 3.38. The summed E-state index contributed by atoms with van der Waals surface area (Å²) in [6, 6.07) is 9.03. The van der Waals surface area contributed by atoms with Gasteiger partial charge in [-0.25, -0.2) is 23.1 Å². The Balaban J connectivity index is 0.00000216. The van der Waals surface area contributed by atoms with Crippen molar-refractivity contribution in [3.8, 4) is 0 Å². The van der Waals surface area contributed by atoms with Crippen LogP contribution in [0.15, 0.2) is 30.6 Å². The molecule has 4 rings (SSSR count). The average Bonchev–Trinajstić information content (AvgIpc) is 2.93. The van der Waals surface area contributed by atoms with Crippen LogP contribution in [-0.4, -0.2) is 78.6 Å². The Morgan fingerprint density at radius 1 is 0.975 bits per heavy atom. The maximum atomic E-state index is 13.4. The molecule has 1 aromatic carbocycles. The van der Waals surface area contributed by atoms with Crippen LogP contribution in [0.2, 0.25) is 0 Å². The highest BCUT2D eigenvalue weighted by atomic mass is 32.2. The van der Waals surface area contributed by atoms with E-state index in [1.54, 1.807) is 0 Å². The number of carbonyl (C=O) groups is 1. The Kier molecular flexibility index (Phi) is 11.1. The summed E-state index contributed by atoms with van der Waals surface area (Å²) in [4.78, 5) is 26.5. The number of nitrogens with one attached hydrogen (secondary N) is 2. The summed E-state index contributed by atoms with van der Waals surface area (Å²) in [6.07, 6.45) is 6.15. The van der Waals surface area contributed by atoms with Gasteiger partial charge in [0.05, 0.1) is 6.26 Å². The molecule has 222 valence electrons. The lowest BCUT2D eigenvalue weighted by atomic mass is 9.87. The van der Waals surface area contributed by atoms with E-state index in [0.717, 1.165) is 49.9 Å². The summed E-state index contributed by atoms with van der Waals surface area (Å²) in [6.45, 7) is 16.3. The predicted octanol–water partition coefficient (Wildman–Crippen LogP) is 4.34. The van der Waals surface area contributed by atoms with E-state index in [0.29, 0.717) is 37.2 Å². The van der Waals surface area contributed by atoms with Gasteiger partial charge in [-0.3, -0.25) is 4.79 Å². The summed E-state index contributed by atoms with van der Waals surface area (Å²) in [7, 11) is -3.17. The number of rotatable bonds is 7. The number of piperidine rings is 2. The lowest BCUT2D eigenvalue weighted by Crippen LogP contribution is -2.51. The normalized spacial score (nSPS) is 17.7. The molecule has 2 saturated heterocycles. The van der Waals surface area contributed by atoms with Gasteiger partial charge in [0.1, 0.15) is 17.8 Å². The van der Waals surface area contributed by atoms with Gasteiger partial charge in [-0.1, -0.05) is 58.9 Å². The van der Waals surface area contributed by atoms with Crippen molar-refractivity contribution < 1.29 is 13.2 Å². The molecule has 2 aliphatic heterocycles. The van der Waals surface area contributed by atoms with Gasteiger partial charge in [0, 0.05) is 37.3 Å². The number of benzene rings is 1. The van der Waals surface area contributed by atoms with Crippen LogP contribution in [0.1, 0.15) is 87.5 Å². The highest BCUT2D eigenvalue weighted by Crippen LogP contribution is 2.25. The maximum absolute atomic E-state index is 13.4. The lowest BCUT2D eigenvalue weighted by molar-refractivity contribution is 0.0570. The first-order chi connectivity index (χ1) is 18.9. The van der Waals surface area contributed by atoms with Gasteiger partial charge in [-0.15, -0.1) is 0 Å². The standard InChI is InChI=1S/C28H42N6O3S.C2H6/c1-20-25(30-19-31-26(20)29-18-21-6-8-22(9-7-21)28(2,3)4)27(35)34-16-12-24(13-17-34)33-14-10-23(11-15-33)32-38(5,36)37;1-2/h6-9,19,23-24,32H,10-18H2,1-5H3,(H,29,30,31);1-2H3. The van der Waals surface area contributed by atoms with Crippen molar-refractivity contribution in [2.24, 2.45) is 0 Å². The number of sulfonamides is 1. The van der Waals surface area contributed by atoms with Crippen molar-refractivity contribution in [2.75, 3.05) is 37.8 Å². The zero-order valence-corrected chi connectivity index (χ0v) is 26.1. The quantitative estimate of drug-likeness (QED) is 0.508. The molecule has 10 heteroatoms. The summed E-state index contributed by atoms with van der Waals surface area (Å²) in [5.41, 5.74) is 3.79. The zero-order chi connectivity index (χ0) is 29.5. The molecule has 1 aromatic heterocycles. The molecule has 0 radical (unpaired) electrons. The third kappa shape index (κ3) is 8.72. The molecule has 0 bridgehead atoms. The van der Waals surface area contributed by atoms with Gasteiger partial charge in [-0.05, 0) is 62.2 Å². The molecule has 2 N–H and O–H groups in total. The van der Waals surface area contributed by atoms with Crippen LogP contribution in [0, 0.1) is 6.92 Å². The first-order valence-electron chi connectivity index (χ1n) is 14.6. The van der Waals surface area contributed by atoms with Crippen LogP contribution in [0.4, 0.5) is 5.82 Å². The molecule has 40 heavy (non-hydrogen) atoms. The number of carbonyl (C=O) groups excluding carboxylic acids is 1. The second-order valence-electron chi connectivity index (χ2n) is 11.7. The zero-order valence-electron chi connectivity index (χ0n) is 25.3. The molecule has 2 fully saturated rings. The molecule has 1 amide bonds. The van der Waals surface area contributed by atoms with Crippen LogP contribution in [-0.2, 0) is 22.0 Å². The Morgan fingerprint density at radius 2 is 1.57 bits per heavy atom. The fraction of sp³-hybridized carbons (Fsp3) is 0.633. The Bertz CT molecular complexity index is 1210. The molecule has 9 nitrogen and oxygen atoms in total. The topological polar surface area (TPSA) is 108 Å². The molecule has 0 saturated carbocycles. The van der Waals surface area contributed by atoms with E-state index in [4.69, 9.17) is 0 Å². The van der Waals surface area contributed by atoms with E-state index >= 15 is 0 Å². The highest BCUT2D eigenvalue weighted by molar-refractivity contribution is 7.88. The number of hydrogen-bond donors (Lipinski definition) is 2. The van der Waals surface area contributed by atoms with Crippen LogP contribution < -0.4 is 10.0 Å². The van der Waals surface area contributed by atoms with Crippen molar-refractivity contribution in [1.29, 1.82) is 0 Å². The summed E-state index contributed by atoms with van der Waals surface area (Å²) < 4.78 is 25.8. The van der Waals surface area contributed by atoms with Gasteiger partial charge in [-0.2, -0.15) is 0 Å². The molecular weight excluding hydrogens is 524 g/mol. The molecule has 2 aromatic rings. The van der Waals surface area contributed by atoms with Crippen LogP contribution in [0.3, 0.4) is 0 Å². The van der Waals surface area contributed by atoms with Crippen molar-refractivity contribution in [2.45, 2.75) is 91.3 Å². The third-order valence-corrected chi connectivity index (χ3v) is 8.51. The van der Waals surface area contributed by atoms with Gasteiger partial charge in [0.15, 0.2) is 0 Å². The van der Waals surface area contributed by atoms with E-state index in [1.165, 1.54) is 18.1 Å². The first-order valence-corrected chi connectivity index (χ1v) is 16.5. The average molecular weight is 573 g/mol. The van der Waals surface area contributed by atoms with E-state index < -0.39 is 10.0 Å². The van der Waals surface area contributed by atoms with E-state index in [-0.39, 0.29) is 17.4 Å². The lowest BCUT2D eigenvalue weighted by Gasteiger charge is -2.41.